The van der Waals surface area contributed by atoms with Crippen molar-refractivity contribution in [3.8, 4) is 5.75 Å². The smallest absolute Gasteiger partial charge is 0.261 e. The third-order valence-corrected chi connectivity index (χ3v) is 4.62. The van der Waals surface area contributed by atoms with E-state index in [9.17, 15) is 8.42 Å². The van der Waals surface area contributed by atoms with Gasteiger partial charge in [0.05, 0.1) is 17.2 Å². The number of hydrogen-bond acceptors (Lipinski definition) is 4. The Labute approximate surface area is 137 Å². The second-order valence-corrected chi connectivity index (χ2v) is 6.98. The first-order valence-corrected chi connectivity index (χ1v) is 9.02. The van der Waals surface area contributed by atoms with Crippen LogP contribution >= 0.6 is 0 Å². The van der Waals surface area contributed by atoms with Gasteiger partial charge in [0.25, 0.3) is 10.0 Å². The molecule has 0 bridgehead atoms. The Balaban J connectivity index is 2.12. The molecule has 0 atom stereocenters. The third-order valence-electron chi connectivity index (χ3n) is 3.22. The molecule has 0 fully saturated rings. The highest BCUT2D eigenvalue weighted by Gasteiger charge is 2.14. The molecule has 0 aliphatic heterocycles. The molecule has 0 saturated heterocycles. The minimum Gasteiger partial charge on any atom is -0.494 e. The van der Waals surface area contributed by atoms with E-state index in [4.69, 9.17) is 10.5 Å². The van der Waals surface area contributed by atoms with Crippen molar-refractivity contribution < 1.29 is 13.2 Å². The zero-order valence-electron chi connectivity index (χ0n) is 13.2. The molecule has 23 heavy (non-hydrogen) atoms. The number of sulfonamides is 1. The summed E-state index contributed by atoms with van der Waals surface area (Å²) in [5, 5.41) is 0. The summed E-state index contributed by atoms with van der Waals surface area (Å²) in [4.78, 5) is 0.229. The van der Waals surface area contributed by atoms with Gasteiger partial charge in [-0.3, -0.25) is 4.72 Å². The Kier molecular flexibility index (Phi) is 6.01. The minimum atomic E-state index is -3.60. The summed E-state index contributed by atoms with van der Waals surface area (Å²) in [5.41, 5.74) is 6.86. The van der Waals surface area contributed by atoms with E-state index in [0.717, 1.165) is 18.4 Å². The van der Waals surface area contributed by atoms with Crippen molar-refractivity contribution >= 4 is 15.7 Å². The standard InChI is InChI=1S/C17H22N2O3S/c1-14-11-15(13-16(12-14)22-10-6-5-9-18)19-23(20,21)17-7-3-2-4-8-17/h2-4,7-8,11-13,19H,5-6,9-10,18H2,1H3. The molecule has 124 valence electrons. The summed E-state index contributed by atoms with van der Waals surface area (Å²) in [6, 6.07) is 13.6. The normalized spacial score (nSPS) is 11.2. The van der Waals surface area contributed by atoms with Gasteiger partial charge in [0.1, 0.15) is 5.75 Å². The fourth-order valence-electron chi connectivity index (χ4n) is 2.14. The molecule has 0 radical (unpaired) electrons. The molecule has 2 aromatic carbocycles. The van der Waals surface area contributed by atoms with Gasteiger partial charge in [-0.25, -0.2) is 8.42 Å². The van der Waals surface area contributed by atoms with Gasteiger partial charge in [-0.1, -0.05) is 18.2 Å². The molecule has 0 aliphatic carbocycles. The highest BCUT2D eigenvalue weighted by atomic mass is 32.2. The van der Waals surface area contributed by atoms with Crippen LogP contribution in [-0.4, -0.2) is 21.6 Å². The lowest BCUT2D eigenvalue weighted by Gasteiger charge is -2.12. The first kappa shape index (κ1) is 17.3. The van der Waals surface area contributed by atoms with E-state index in [1.165, 1.54) is 0 Å². The number of ether oxygens (including phenoxy) is 1. The first-order chi connectivity index (χ1) is 11.0. The topological polar surface area (TPSA) is 81.4 Å². The van der Waals surface area contributed by atoms with Crippen LogP contribution < -0.4 is 15.2 Å². The molecule has 2 aromatic rings. The summed E-state index contributed by atoms with van der Waals surface area (Å²) in [6.45, 7) is 3.10. The largest absolute Gasteiger partial charge is 0.494 e. The Bertz CT molecular complexity index is 731. The summed E-state index contributed by atoms with van der Waals surface area (Å²) < 4.78 is 33.0. The van der Waals surface area contributed by atoms with Crippen LogP contribution in [0, 0.1) is 6.92 Å². The molecule has 0 saturated carbocycles. The number of rotatable bonds is 8. The quantitative estimate of drug-likeness (QED) is 0.727. The molecule has 0 spiro atoms. The van der Waals surface area contributed by atoms with Crippen LogP contribution in [0.3, 0.4) is 0 Å². The molecule has 2 rings (SSSR count). The monoisotopic (exact) mass is 334 g/mol. The van der Waals surface area contributed by atoms with Gasteiger partial charge < -0.3 is 10.5 Å². The lowest BCUT2D eigenvalue weighted by molar-refractivity contribution is 0.308. The summed E-state index contributed by atoms with van der Waals surface area (Å²) >= 11 is 0. The molecule has 3 N–H and O–H groups in total. The Hall–Kier alpha value is -2.05. The van der Waals surface area contributed by atoms with E-state index in [-0.39, 0.29) is 4.90 Å². The van der Waals surface area contributed by atoms with Crippen molar-refractivity contribution in [3.05, 3.63) is 54.1 Å². The van der Waals surface area contributed by atoms with Crippen LogP contribution in [-0.2, 0) is 10.0 Å². The van der Waals surface area contributed by atoms with Crippen LogP contribution in [0.1, 0.15) is 18.4 Å². The minimum absolute atomic E-state index is 0.229. The molecule has 0 aromatic heterocycles. The zero-order chi connectivity index (χ0) is 16.7. The van der Waals surface area contributed by atoms with Crippen LogP contribution in [0.2, 0.25) is 0 Å². The SMILES string of the molecule is Cc1cc(NS(=O)(=O)c2ccccc2)cc(OCCCCN)c1. The number of aryl methyl sites for hydroxylation is 1. The van der Waals surface area contributed by atoms with Crippen LogP contribution in [0.15, 0.2) is 53.4 Å². The maximum absolute atomic E-state index is 12.4. The molecule has 5 nitrogen and oxygen atoms in total. The number of anilines is 1. The molecule has 0 amide bonds. The molecule has 0 aliphatic rings. The van der Waals surface area contributed by atoms with Crippen LogP contribution in [0.5, 0.6) is 5.75 Å². The summed E-state index contributed by atoms with van der Waals surface area (Å²) in [5.74, 6) is 0.646. The second kappa shape index (κ2) is 7.99. The van der Waals surface area contributed by atoms with Gasteiger partial charge in [-0.15, -0.1) is 0 Å². The van der Waals surface area contributed by atoms with Gasteiger partial charge in [0.2, 0.25) is 0 Å². The molecule has 0 heterocycles. The van der Waals surface area contributed by atoms with Crippen molar-refractivity contribution in [3.63, 3.8) is 0 Å². The van der Waals surface area contributed by atoms with Crippen molar-refractivity contribution in [2.24, 2.45) is 5.73 Å². The van der Waals surface area contributed by atoms with Gasteiger partial charge >= 0.3 is 0 Å². The Morgan fingerprint density at radius 3 is 2.52 bits per heavy atom. The van der Waals surface area contributed by atoms with Gasteiger partial charge in [0, 0.05) is 6.07 Å². The van der Waals surface area contributed by atoms with Gasteiger partial charge in [-0.05, 0) is 56.1 Å². The Morgan fingerprint density at radius 2 is 1.83 bits per heavy atom. The van der Waals surface area contributed by atoms with E-state index in [1.54, 1.807) is 42.5 Å². The fraction of sp³-hybridized carbons (Fsp3) is 0.294. The van der Waals surface area contributed by atoms with Crippen molar-refractivity contribution in [1.82, 2.24) is 0 Å². The summed E-state index contributed by atoms with van der Waals surface area (Å²) in [7, 11) is -3.60. The highest BCUT2D eigenvalue weighted by molar-refractivity contribution is 7.92. The third kappa shape index (κ3) is 5.26. The predicted molar refractivity (Wildman–Crippen MR) is 92.2 cm³/mol. The van der Waals surface area contributed by atoms with Gasteiger partial charge in [-0.2, -0.15) is 0 Å². The average molecular weight is 334 g/mol. The average Bonchev–Trinajstić information content (AvgIpc) is 2.51. The van der Waals surface area contributed by atoms with Crippen LogP contribution in [0.4, 0.5) is 5.69 Å². The maximum atomic E-state index is 12.4. The van der Waals surface area contributed by atoms with Crippen molar-refractivity contribution in [2.75, 3.05) is 17.9 Å². The Morgan fingerprint density at radius 1 is 1.09 bits per heavy atom. The van der Waals surface area contributed by atoms with Crippen LogP contribution in [0.25, 0.3) is 0 Å². The number of nitrogens with two attached hydrogens (primary N) is 1. The molecular formula is C17H22N2O3S. The zero-order valence-corrected chi connectivity index (χ0v) is 14.0. The summed E-state index contributed by atoms with van der Waals surface area (Å²) in [6.07, 6.45) is 1.77. The molecular weight excluding hydrogens is 312 g/mol. The van der Waals surface area contributed by atoms with Crippen molar-refractivity contribution in [2.45, 2.75) is 24.7 Å². The fourth-order valence-corrected chi connectivity index (χ4v) is 3.20. The molecule has 6 heteroatoms. The van der Waals surface area contributed by atoms with E-state index < -0.39 is 10.0 Å². The lowest BCUT2D eigenvalue weighted by Crippen LogP contribution is -2.13. The van der Waals surface area contributed by atoms with E-state index in [1.807, 2.05) is 13.0 Å². The first-order valence-electron chi connectivity index (χ1n) is 7.54. The number of unbranched alkanes of at least 4 members (excludes halogenated alkanes) is 1. The number of nitrogens with one attached hydrogen (secondary N) is 1. The van der Waals surface area contributed by atoms with Gasteiger partial charge in [0.15, 0.2) is 0 Å². The number of benzene rings is 2. The lowest BCUT2D eigenvalue weighted by atomic mass is 10.2. The maximum Gasteiger partial charge on any atom is 0.261 e. The predicted octanol–water partition coefficient (Wildman–Crippen LogP) is 2.91. The number of hydrogen-bond donors (Lipinski definition) is 2. The highest BCUT2D eigenvalue weighted by Crippen LogP contribution is 2.23. The van der Waals surface area contributed by atoms with E-state index in [2.05, 4.69) is 4.72 Å². The van der Waals surface area contributed by atoms with E-state index >= 15 is 0 Å². The second-order valence-electron chi connectivity index (χ2n) is 5.30. The molecule has 0 unspecified atom stereocenters. The van der Waals surface area contributed by atoms with E-state index in [0.29, 0.717) is 24.6 Å². The van der Waals surface area contributed by atoms with Crippen molar-refractivity contribution in [1.29, 1.82) is 0 Å².